The van der Waals surface area contributed by atoms with E-state index in [1.165, 1.54) is 7.11 Å². The Bertz CT molecular complexity index is 409. The van der Waals surface area contributed by atoms with Gasteiger partial charge in [0.1, 0.15) is 0 Å². The third-order valence-corrected chi connectivity index (χ3v) is 3.29. The van der Waals surface area contributed by atoms with E-state index in [-0.39, 0.29) is 5.97 Å². The molecule has 1 rings (SSSR count). The van der Waals surface area contributed by atoms with Gasteiger partial charge in [-0.15, -0.1) is 0 Å². The van der Waals surface area contributed by atoms with Gasteiger partial charge in [-0.1, -0.05) is 32.8 Å². The maximum Gasteiger partial charge on any atom is 0.337 e. The molecule has 0 aliphatic rings. The maximum absolute atomic E-state index is 11.6. The van der Waals surface area contributed by atoms with Crippen molar-refractivity contribution in [1.29, 1.82) is 0 Å². The highest BCUT2D eigenvalue weighted by atomic mass is 16.5. The molecule has 0 spiro atoms. The molecule has 0 heterocycles. The molecular weight excluding hydrogens is 238 g/mol. The molecule has 0 aliphatic heterocycles. The van der Waals surface area contributed by atoms with E-state index in [9.17, 15) is 4.79 Å². The molecule has 0 bridgehead atoms. The van der Waals surface area contributed by atoms with Crippen molar-refractivity contribution < 1.29 is 9.53 Å². The molecule has 0 saturated carbocycles. The number of aryl methyl sites for hydroxylation is 1. The van der Waals surface area contributed by atoms with Crippen molar-refractivity contribution in [2.45, 2.75) is 52.5 Å². The van der Waals surface area contributed by atoms with E-state index in [2.05, 4.69) is 26.1 Å². The van der Waals surface area contributed by atoms with Gasteiger partial charge in [-0.25, -0.2) is 4.79 Å². The van der Waals surface area contributed by atoms with Gasteiger partial charge in [0.15, 0.2) is 0 Å². The van der Waals surface area contributed by atoms with Gasteiger partial charge in [-0.2, -0.15) is 0 Å². The predicted octanol–water partition coefficient (Wildman–Crippen LogP) is 4.16. The summed E-state index contributed by atoms with van der Waals surface area (Å²) >= 11 is 0. The predicted molar refractivity (Wildman–Crippen MR) is 79.7 cm³/mol. The van der Waals surface area contributed by atoms with E-state index in [1.54, 1.807) is 6.07 Å². The fraction of sp³-hybridized carbons (Fsp3) is 0.562. The van der Waals surface area contributed by atoms with Crippen LogP contribution in [-0.4, -0.2) is 19.1 Å². The minimum atomic E-state index is -0.286. The normalized spacial score (nSPS) is 10.6. The third kappa shape index (κ3) is 4.58. The summed E-state index contributed by atoms with van der Waals surface area (Å²) in [6.45, 7) is 6.45. The van der Waals surface area contributed by atoms with Crippen molar-refractivity contribution in [2.24, 2.45) is 0 Å². The summed E-state index contributed by atoms with van der Waals surface area (Å²) in [6, 6.07) is 6.13. The first-order valence-corrected chi connectivity index (χ1v) is 7.07. The van der Waals surface area contributed by atoms with Crippen LogP contribution in [0.25, 0.3) is 0 Å². The number of benzene rings is 1. The summed E-state index contributed by atoms with van der Waals surface area (Å²) in [5, 5.41) is 3.56. The van der Waals surface area contributed by atoms with Crippen LogP contribution in [-0.2, 0) is 4.74 Å². The Morgan fingerprint density at radius 2 is 1.89 bits per heavy atom. The van der Waals surface area contributed by atoms with E-state index in [1.807, 2.05) is 12.1 Å². The highest BCUT2D eigenvalue weighted by Crippen LogP contribution is 2.21. The van der Waals surface area contributed by atoms with Crippen LogP contribution in [0.1, 0.15) is 55.5 Å². The fourth-order valence-corrected chi connectivity index (χ4v) is 2.23. The molecule has 0 saturated heterocycles. The molecule has 1 aromatic carbocycles. The first-order chi connectivity index (χ1) is 9.12. The third-order valence-electron chi connectivity index (χ3n) is 3.29. The molecule has 0 aromatic heterocycles. The van der Waals surface area contributed by atoms with Crippen LogP contribution < -0.4 is 5.32 Å². The lowest BCUT2D eigenvalue weighted by Crippen LogP contribution is -2.19. The van der Waals surface area contributed by atoms with Crippen molar-refractivity contribution in [2.75, 3.05) is 12.4 Å². The van der Waals surface area contributed by atoms with E-state index in [4.69, 9.17) is 4.74 Å². The summed E-state index contributed by atoms with van der Waals surface area (Å²) in [4.78, 5) is 11.6. The zero-order chi connectivity index (χ0) is 14.3. The molecule has 0 radical (unpaired) electrons. The fourth-order valence-electron chi connectivity index (χ4n) is 2.23. The largest absolute Gasteiger partial charge is 0.465 e. The zero-order valence-corrected chi connectivity index (χ0v) is 12.5. The number of anilines is 1. The maximum atomic E-state index is 11.6. The number of carbonyl (C=O) groups excluding carboxylic acids is 1. The van der Waals surface area contributed by atoms with Gasteiger partial charge in [0.25, 0.3) is 0 Å². The first-order valence-electron chi connectivity index (χ1n) is 7.07. The van der Waals surface area contributed by atoms with Gasteiger partial charge in [0.2, 0.25) is 0 Å². The molecular formula is C16H25NO2. The molecule has 3 heteroatoms. The number of ether oxygens (including phenoxy) is 1. The Balaban J connectivity index is 2.88. The van der Waals surface area contributed by atoms with Crippen LogP contribution >= 0.6 is 0 Å². The van der Waals surface area contributed by atoms with Crippen LogP contribution in [0.15, 0.2) is 18.2 Å². The Hall–Kier alpha value is -1.51. The number of hydrogen-bond donors (Lipinski definition) is 1. The van der Waals surface area contributed by atoms with Crippen LogP contribution in [0.5, 0.6) is 0 Å². The monoisotopic (exact) mass is 263 g/mol. The topological polar surface area (TPSA) is 38.3 Å². The van der Waals surface area contributed by atoms with Gasteiger partial charge in [-0.05, 0) is 37.5 Å². The van der Waals surface area contributed by atoms with Crippen molar-refractivity contribution >= 4 is 11.7 Å². The highest BCUT2D eigenvalue weighted by Gasteiger charge is 2.11. The summed E-state index contributed by atoms with van der Waals surface area (Å²) in [6.07, 6.45) is 4.62. The Morgan fingerprint density at radius 1 is 1.26 bits per heavy atom. The average Bonchev–Trinajstić information content (AvgIpc) is 2.41. The van der Waals surface area contributed by atoms with Crippen LogP contribution in [0, 0.1) is 6.92 Å². The van der Waals surface area contributed by atoms with Gasteiger partial charge in [0, 0.05) is 11.7 Å². The van der Waals surface area contributed by atoms with Crippen LogP contribution in [0.2, 0.25) is 0 Å². The van der Waals surface area contributed by atoms with Crippen molar-refractivity contribution in [3.8, 4) is 0 Å². The second-order valence-electron chi connectivity index (χ2n) is 4.94. The van der Waals surface area contributed by atoms with E-state index in [0.717, 1.165) is 36.9 Å². The second kappa shape index (κ2) is 7.82. The number of hydrogen-bond acceptors (Lipinski definition) is 3. The van der Waals surface area contributed by atoms with E-state index >= 15 is 0 Å². The molecule has 0 fully saturated rings. The zero-order valence-electron chi connectivity index (χ0n) is 12.5. The summed E-state index contributed by atoms with van der Waals surface area (Å²) in [5.41, 5.74) is 2.79. The lowest BCUT2D eigenvalue weighted by atomic mass is 10.0. The number of rotatable bonds is 7. The van der Waals surface area contributed by atoms with E-state index in [0.29, 0.717) is 11.6 Å². The Kier molecular flexibility index (Phi) is 6.40. The minimum Gasteiger partial charge on any atom is -0.465 e. The molecule has 0 amide bonds. The van der Waals surface area contributed by atoms with Crippen LogP contribution in [0.4, 0.5) is 5.69 Å². The lowest BCUT2D eigenvalue weighted by molar-refractivity contribution is 0.0601. The summed E-state index contributed by atoms with van der Waals surface area (Å²) in [5.74, 6) is -0.286. The summed E-state index contributed by atoms with van der Waals surface area (Å²) in [7, 11) is 1.41. The average molecular weight is 263 g/mol. The molecule has 106 valence electrons. The first kappa shape index (κ1) is 15.5. The van der Waals surface area contributed by atoms with Gasteiger partial charge >= 0.3 is 5.97 Å². The summed E-state index contributed by atoms with van der Waals surface area (Å²) < 4.78 is 4.76. The molecule has 3 nitrogen and oxygen atoms in total. The molecule has 19 heavy (non-hydrogen) atoms. The van der Waals surface area contributed by atoms with Gasteiger partial charge < -0.3 is 10.1 Å². The van der Waals surface area contributed by atoms with Crippen molar-refractivity contribution in [3.05, 3.63) is 29.3 Å². The van der Waals surface area contributed by atoms with Gasteiger partial charge in [-0.3, -0.25) is 0 Å². The molecule has 1 aromatic rings. The SMILES string of the molecule is CCCC(CCC)Nc1cc(C(=O)OC)ccc1C. The van der Waals surface area contributed by atoms with Crippen LogP contribution in [0.3, 0.4) is 0 Å². The molecule has 0 atom stereocenters. The lowest BCUT2D eigenvalue weighted by Gasteiger charge is -2.20. The van der Waals surface area contributed by atoms with Crippen molar-refractivity contribution in [3.63, 3.8) is 0 Å². The molecule has 1 N–H and O–H groups in total. The number of methoxy groups -OCH3 is 1. The highest BCUT2D eigenvalue weighted by molar-refractivity contribution is 5.90. The number of carbonyl (C=O) groups is 1. The van der Waals surface area contributed by atoms with Crippen molar-refractivity contribution in [1.82, 2.24) is 0 Å². The Morgan fingerprint density at radius 3 is 2.42 bits per heavy atom. The van der Waals surface area contributed by atoms with Gasteiger partial charge in [0.05, 0.1) is 12.7 Å². The standard InChI is InChI=1S/C16H25NO2/c1-5-7-14(8-6-2)17-15-11-13(16(18)19-4)10-9-12(15)3/h9-11,14,17H,5-8H2,1-4H3. The number of esters is 1. The number of nitrogens with one attached hydrogen (secondary N) is 1. The Labute approximate surface area is 116 Å². The smallest absolute Gasteiger partial charge is 0.337 e. The second-order valence-corrected chi connectivity index (χ2v) is 4.94. The quantitative estimate of drug-likeness (QED) is 0.751. The molecule has 0 aliphatic carbocycles. The van der Waals surface area contributed by atoms with E-state index < -0.39 is 0 Å². The molecule has 0 unspecified atom stereocenters. The minimum absolute atomic E-state index is 0.286.